The molecule has 1 N–H and O–H groups in total. The number of alkyl carbamates (subject to hydrolysis) is 1. The molecule has 6 heteroatoms. The average Bonchev–Trinajstić information content (AvgIpc) is 3.33. The van der Waals surface area contributed by atoms with Gasteiger partial charge in [-0.3, -0.25) is 9.69 Å². The van der Waals surface area contributed by atoms with Crippen molar-refractivity contribution in [2.75, 3.05) is 19.6 Å². The summed E-state index contributed by atoms with van der Waals surface area (Å²) < 4.78 is 12.7. The van der Waals surface area contributed by atoms with Gasteiger partial charge < -0.3 is 14.8 Å². The molecule has 0 aromatic heterocycles. The minimum absolute atomic E-state index is 0.0933. The number of rotatable bonds is 3. The van der Waals surface area contributed by atoms with Crippen molar-refractivity contribution in [2.24, 2.45) is 35.0 Å². The van der Waals surface area contributed by atoms with E-state index in [1.54, 1.807) is 11.1 Å². The number of hydrogen-bond donors (Lipinski definition) is 1. The molecule has 6 rings (SSSR count). The number of likely N-dealkylation sites (tertiary alicyclic amines) is 1. The van der Waals surface area contributed by atoms with Gasteiger partial charge in [-0.1, -0.05) is 43.6 Å². The molecule has 1 spiro atoms. The van der Waals surface area contributed by atoms with Gasteiger partial charge in [-0.25, -0.2) is 4.79 Å². The van der Waals surface area contributed by atoms with E-state index in [2.05, 4.69) is 44.0 Å². The van der Waals surface area contributed by atoms with Gasteiger partial charge in [-0.15, -0.1) is 0 Å². The van der Waals surface area contributed by atoms with Crippen LogP contribution in [0.5, 0.6) is 0 Å². The van der Waals surface area contributed by atoms with Gasteiger partial charge in [0.25, 0.3) is 0 Å². The maximum absolute atomic E-state index is 12.3. The van der Waals surface area contributed by atoms with E-state index in [0.717, 1.165) is 51.6 Å². The number of piperidine rings is 1. The predicted octanol–water partition coefficient (Wildman–Crippen LogP) is 6.84. The second kappa shape index (κ2) is 10.5. The number of allylic oxidation sites excluding steroid dienone is 3. The number of amides is 1. The largest absolute Gasteiger partial charge is 0.444 e. The normalized spacial score (nSPS) is 42.7. The van der Waals surface area contributed by atoms with Crippen molar-refractivity contribution in [1.82, 2.24) is 10.2 Å². The smallest absolute Gasteiger partial charge is 0.407 e. The Labute approximate surface area is 248 Å². The summed E-state index contributed by atoms with van der Waals surface area (Å²) in [4.78, 5) is 27.2. The van der Waals surface area contributed by atoms with Crippen molar-refractivity contribution in [1.29, 1.82) is 0 Å². The van der Waals surface area contributed by atoms with Crippen LogP contribution in [0.4, 0.5) is 4.79 Å². The molecule has 4 fully saturated rings. The van der Waals surface area contributed by atoms with Gasteiger partial charge in [0.1, 0.15) is 11.4 Å². The third-order valence-corrected chi connectivity index (χ3v) is 12.2. The Morgan fingerprint density at radius 1 is 1.24 bits per heavy atom. The minimum atomic E-state index is -0.484. The molecule has 1 amide bonds. The van der Waals surface area contributed by atoms with E-state index < -0.39 is 5.60 Å². The highest BCUT2D eigenvalue weighted by atomic mass is 16.6. The van der Waals surface area contributed by atoms with Crippen LogP contribution in [0.2, 0.25) is 0 Å². The number of carbonyl (C=O) groups excluding carboxylic acids is 2. The van der Waals surface area contributed by atoms with Crippen LogP contribution >= 0.6 is 0 Å². The SMILES string of the molecule is CC1=C2C[C@H]3[C@@H](CC=C4CC(=O)CC[C@@]43C)[C@@H]2CC[C@@]2(C1)O[C@@H]1C[C@H](C)CN(CCNC(=O)OC(C)(C)C)[C@H]1[C@H]2C. The van der Waals surface area contributed by atoms with E-state index in [9.17, 15) is 9.59 Å². The van der Waals surface area contributed by atoms with Gasteiger partial charge in [-0.2, -0.15) is 0 Å². The number of fused-ring (bicyclic) bond motifs is 6. The Morgan fingerprint density at radius 2 is 2.02 bits per heavy atom. The average molecular weight is 567 g/mol. The Morgan fingerprint density at radius 3 is 2.78 bits per heavy atom. The molecule has 2 saturated heterocycles. The van der Waals surface area contributed by atoms with Gasteiger partial charge in [0.2, 0.25) is 0 Å². The molecule has 4 aliphatic carbocycles. The zero-order valence-electron chi connectivity index (χ0n) is 26.7. The summed E-state index contributed by atoms with van der Waals surface area (Å²) in [7, 11) is 0. The van der Waals surface area contributed by atoms with Crippen molar-refractivity contribution < 1.29 is 19.1 Å². The molecule has 2 saturated carbocycles. The zero-order chi connectivity index (χ0) is 29.3. The van der Waals surface area contributed by atoms with E-state index in [1.165, 1.54) is 18.4 Å². The second-order valence-electron chi connectivity index (χ2n) is 16.0. The summed E-state index contributed by atoms with van der Waals surface area (Å²) in [5.74, 6) is 3.54. The summed E-state index contributed by atoms with van der Waals surface area (Å²) in [5, 5.41) is 2.99. The molecule has 0 aromatic carbocycles. The molecule has 0 bridgehead atoms. The topological polar surface area (TPSA) is 67.9 Å². The number of ether oxygens (including phenoxy) is 2. The number of nitrogens with one attached hydrogen (secondary N) is 1. The zero-order valence-corrected chi connectivity index (χ0v) is 26.7. The molecule has 6 aliphatic rings. The fraction of sp³-hybridized carbons (Fsp3) is 0.829. The van der Waals surface area contributed by atoms with Crippen LogP contribution in [0.25, 0.3) is 0 Å². The van der Waals surface area contributed by atoms with Crippen molar-refractivity contribution >= 4 is 11.9 Å². The molecule has 2 aliphatic heterocycles. The number of ketones is 1. The highest BCUT2D eigenvalue weighted by Crippen LogP contribution is 2.63. The molecule has 2 heterocycles. The summed E-state index contributed by atoms with van der Waals surface area (Å²) in [6.45, 7) is 17.9. The van der Waals surface area contributed by atoms with Crippen LogP contribution in [0.1, 0.15) is 106 Å². The van der Waals surface area contributed by atoms with Crippen LogP contribution in [0.15, 0.2) is 22.8 Å². The van der Waals surface area contributed by atoms with Crippen LogP contribution in [-0.2, 0) is 14.3 Å². The van der Waals surface area contributed by atoms with Crippen molar-refractivity contribution in [3.63, 3.8) is 0 Å². The van der Waals surface area contributed by atoms with Crippen molar-refractivity contribution in [3.05, 3.63) is 22.8 Å². The maximum atomic E-state index is 12.3. The van der Waals surface area contributed by atoms with Gasteiger partial charge in [-0.05, 0) is 102 Å². The van der Waals surface area contributed by atoms with E-state index in [-0.39, 0.29) is 23.2 Å². The van der Waals surface area contributed by atoms with Crippen molar-refractivity contribution in [3.8, 4) is 0 Å². The number of nitrogens with zero attached hydrogens (tertiary/aromatic N) is 1. The molecular weight excluding hydrogens is 512 g/mol. The Balaban J connectivity index is 1.17. The summed E-state index contributed by atoms with van der Waals surface area (Å²) in [6, 6.07) is 0.397. The van der Waals surface area contributed by atoms with E-state index in [0.29, 0.717) is 54.4 Å². The summed E-state index contributed by atoms with van der Waals surface area (Å²) >= 11 is 0. The van der Waals surface area contributed by atoms with Gasteiger partial charge in [0.15, 0.2) is 0 Å². The summed E-state index contributed by atoms with van der Waals surface area (Å²) in [6.07, 6.45) is 11.8. The first-order valence-electron chi connectivity index (χ1n) is 16.6. The first kappa shape index (κ1) is 29.4. The maximum Gasteiger partial charge on any atom is 0.407 e. The molecule has 0 aromatic rings. The van der Waals surface area contributed by atoms with Crippen LogP contribution in [0.3, 0.4) is 0 Å². The van der Waals surface area contributed by atoms with E-state index in [4.69, 9.17) is 9.47 Å². The van der Waals surface area contributed by atoms with Crippen LogP contribution < -0.4 is 5.32 Å². The van der Waals surface area contributed by atoms with Gasteiger partial charge in [0.05, 0.1) is 11.7 Å². The third-order valence-electron chi connectivity index (χ3n) is 12.2. The molecular formula is C35H54N2O4. The number of carbonyl (C=O) groups is 2. The summed E-state index contributed by atoms with van der Waals surface area (Å²) in [5.41, 5.74) is 4.42. The van der Waals surface area contributed by atoms with E-state index >= 15 is 0 Å². The highest BCUT2D eigenvalue weighted by molar-refractivity contribution is 5.82. The fourth-order valence-electron chi connectivity index (χ4n) is 10.3. The predicted molar refractivity (Wildman–Crippen MR) is 161 cm³/mol. The molecule has 228 valence electrons. The lowest BCUT2D eigenvalue weighted by Gasteiger charge is -2.47. The monoisotopic (exact) mass is 566 g/mol. The van der Waals surface area contributed by atoms with Gasteiger partial charge >= 0.3 is 6.09 Å². The Bertz CT molecular complexity index is 1140. The minimum Gasteiger partial charge on any atom is -0.444 e. The van der Waals surface area contributed by atoms with E-state index in [1.807, 2.05) is 20.8 Å². The van der Waals surface area contributed by atoms with Gasteiger partial charge in [0, 0.05) is 44.4 Å². The first-order valence-corrected chi connectivity index (χ1v) is 16.6. The molecule has 0 unspecified atom stereocenters. The lowest BCUT2D eigenvalue weighted by atomic mass is 9.57. The highest BCUT2D eigenvalue weighted by Gasteiger charge is 2.59. The number of hydrogen-bond acceptors (Lipinski definition) is 5. The quantitative estimate of drug-likeness (QED) is 0.379. The third kappa shape index (κ3) is 5.24. The molecule has 9 atom stereocenters. The number of Topliss-reactive ketones (excluding diaryl/α,β-unsaturated/α-hetero) is 1. The van der Waals surface area contributed by atoms with Crippen LogP contribution in [-0.4, -0.2) is 59.8 Å². The second-order valence-corrected chi connectivity index (χ2v) is 16.0. The Kier molecular flexibility index (Phi) is 7.54. The first-order chi connectivity index (χ1) is 19.3. The molecule has 41 heavy (non-hydrogen) atoms. The molecule has 0 radical (unpaired) electrons. The van der Waals surface area contributed by atoms with Crippen molar-refractivity contribution in [2.45, 2.75) is 130 Å². The lowest BCUT2D eigenvalue weighted by molar-refractivity contribution is -0.121. The van der Waals surface area contributed by atoms with Crippen LogP contribution in [0, 0.1) is 35.0 Å². The lowest BCUT2D eigenvalue weighted by Crippen LogP contribution is -2.53. The Hall–Kier alpha value is -1.66. The standard InChI is InChI=1S/C35H54N2O4/c1-21-16-30-31(37(20-21)15-14-36-32(39)41-33(4,5)6)23(3)35(40-30)13-11-26-27-9-8-24-17-25(38)10-12-34(24,7)29(27)18-28(26)22(2)19-35/h8,21,23,26-27,29-31H,9-20H2,1-7H3,(H,36,39)/t21-,23+,26-,27-,29-,30+,31-,34-,35-/m0/s1. The fourth-order valence-corrected chi connectivity index (χ4v) is 10.3. The molecule has 6 nitrogen and oxygen atoms in total.